The number of piperidine rings is 1. The molecule has 3 atom stereocenters. The topological polar surface area (TPSA) is 66.8 Å². The zero-order valence-corrected chi connectivity index (χ0v) is 10.1. The molecule has 2 unspecified atom stereocenters. The molecule has 17 heavy (non-hydrogen) atoms. The quantitative estimate of drug-likeness (QED) is 0.774. The average molecular weight is 241 g/mol. The summed E-state index contributed by atoms with van der Waals surface area (Å²) in [6.45, 7) is 3.64. The van der Waals surface area contributed by atoms with Gasteiger partial charge >= 0.3 is 5.97 Å². The van der Waals surface area contributed by atoms with Gasteiger partial charge in [-0.3, -0.25) is 9.59 Å². The second kappa shape index (κ2) is 5.04. The third-order valence-electron chi connectivity index (χ3n) is 3.71. The third-order valence-corrected chi connectivity index (χ3v) is 3.71. The lowest BCUT2D eigenvalue weighted by atomic mass is 9.96. The number of aliphatic carboxylic acids is 1. The van der Waals surface area contributed by atoms with Crippen molar-refractivity contribution in [1.29, 1.82) is 0 Å². The Morgan fingerprint density at radius 1 is 1.35 bits per heavy atom. The lowest BCUT2D eigenvalue weighted by Gasteiger charge is -2.33. The van der Waals surface area contributed by atoms with Crippen LogP contribution < -0.4 is 0 Å². The zero-order chi connectivity index (χ0) is 12.4. The summed E-state index contributed by atoms with van der Waals surface area (Å²) in [4.78, 5) is 24.8. The van der Waals surface area contributed by atoms with Crippen LogP contribution in [0.15, 0.2) is 0 Å². The van der Waals surface area contributed by atoms with E-state index >= 15 is 0 Å². The normalized spacial score (nSPS) is 33.7. The highest BCUT2D eigenvalue weighted by atomic mass is 16.5. The van der Waals surface area contributed by atoms with Gasteiger partial charge in [-0.1, -0.05) is 6.92 Å². The molecule has 1 N–H and O–H groups in total. The molecule has 5 nitrogen and oxygen atoms in total. The molecule has 0 radical (unpaired) electrons. The number of hydrogen-bond donors (Lipinski definition) is 1. The molecule has 0 bridgehead atoms. The smallest absolute Gasteiger partial charge is 0.308 e. The first kappa shape index (κ1) is 12.4. The van der Waals surface area contributed by atoms with E-state index in [4.69, 9.17) is 9.84 Å². The van der Waals surface area contributed by atoms with Crippen molar-refractivity contribution < 1.29 is 19.4 Å². The van der Waals surface area contributed by atoms with Crippen molar-refractivity contribution in [2.45, 2.75) is 32.3 Å². The standard InChI is InChI=1S/C12H19NO4/c1-8-4-6-17-10(8)11(14)13-5-2-3-9(7-13)12(15)16/h8-10H,2-7H2,1H3,(H,15,16)/t8?,9-,10?/m0/s1. The van der Waals surface area contributed by atoms with E-state index in [1.54, 1.807) is 4.90 Å². The van der Waals surface area contributed by atoms with Gasteiger partial charge in [0.2, 0.25) is 0 Å². The van der Waals surface area contributed by atoms with Gasteiger partial charge in [0.1, 0.15) is 6.10 Å². The first-order chi connectivity index (χ1) is 8.09. The molecule has 2 aliphatic rings. The number of carboxylic acid groups (broad SMARTS) is 1. The average Bonchev–Trinajstić information content (AvgIpc) is 2.74. The molecule has 2 saturated heterocycles. The maximum absolute atomic E-state index is 12.2. The van der Waals surface area contributed by atoms with Crippen LogP contribution in [0.1, 0.15) is 26.2 Å². The highest BCUT2D eigenvalue weighted by molar-refractivity contribution is 5.82. The number of rotatable bonds is 2. The highest BCUT2D eigenvalue weighted by Crippen LogP contribution is 2.24. The third kappa shape index (κ3) is 2.60. The summed E-state index contributed by atoms with van der Waals surface area (Å²) in [7, 11) is 0. The van der Waals surface area contributed by atoms with Crippen LogP contribution in [0.2, 0.25) is 0 Å². The summed E-state index contributed by atoms with van der Waals surface area (Å²) in [6.07, 6.45) is 1.99. The molecule has 1 amide bonds. The van der Waals surface area contributed by atoms with Crippen LogP contribution in [0.25, 0.3) is 0 Å². The van der Waals surface area contributed by atoms with Gasteiger partial charge < -0.3 is 14.7 Å². The summed E-state index contributed by atoms with van der Waals surface area (Å²) in [6, 6.07) is 0. The Labute approximate surface area is 101 Å². The van der Waals surface area contributed by atoms with Crippen LogP contribution in [0.4, 0.5) is 0 Å². The largest absolute Gasteiger partial charge is 0.481 e. The van der Waals surface area contributed by atoms with E-state index in [1.165, 1.54) is 0 Å². The molecule has 2 heterocycles. The molecule has 0 aromatic rings. The maximum Gasteiger partial charge on any atom is 0.308 e. The first-order valence-corrected chi connectivity index (χ1v) is 6.23. The summed E-state index contributed by atoms with van der Waals surface area (Å²) >= 11 is 0. The van der Waals surface area contributed by atoms with E-state index < -0.39 is 11.9 Å². The second-order valence-electron chi connectivity index (χ2n) is 5.02. The Bertz CT molecular complexity index is 318. The van der Waals surface area contributed by atoms with Gasteiger partial charge in [-0.15, -0.1) is 0 Å². The van der Waals surface area contributed by atoms with Gasteiger partial charge in [0.05, 0.1) is 5.92 Å². The van der Waals surface area contributed by atoms with Gasteiger partial charge in [-0.2, -0.15) is 0 Å². The zero-order valence-electron chi connectivity index (χ0n) is 10.1. The molecule has 5 heteroatoms. The molecule has 96 valence electrons. The Hall–Kier alpha value is -1.10. The summed E-state index contributed by atoms with van der Waals surface area (Å²) < 4.78 is 5.44. The fourth-order valence-corrected chi connectivity index (χ4v) is 2.57. The molecule has 2 rings (SSSR count). The number of amides is 1. The van der Waals surface area contributed by atoms with Crippen molar-refractivity contribution in [2.24, 2.45) is 11.8 Å². The number of carbonyl (C=O) groups excluding carboxylic acids is 1. The van der Waals surface area contributed by atoms with E-state index in [-0.39, 0.29) is 17.9 Å². The fraction of sp³-hybridized carbons (Fsp3) is 0.833. The van der Waals surface area contributed by atoms with Crippen LogP contribution in [0, 0.1) is 11.8 Å². The van der Waals surface area contributed by atoms with Gasteiger partial charge in [-0.05, 0) is 25.2 Å². The van der Waals surface area contributed by atoms with Crippen molar-refractivity contribution in [2.75, 3.05) is 19.7 Å². The minimum absolute atomic E-state index is 0.0269. The summed E-state index contributed by atoms with van der Waals surface area (Å²) in [5.74, 6) is -0.999. The van der Waals surface area contributed by atoms with Crippen LogP contribution in [-0.2, 0) is 14.3 Å². The van der Waals surface area contributed by atoms with Crippen LogP contribution in [0.3, 0.4) is 0 Å². The highest BCUT2D eigenvalue weighted by Gasteiger charge is 2.36. The Kier molecular flexibility index (Phi) is 3.66. The number of nitrogens with zero attached hydrogens (tertiary/aromatic N) is 1. The molecule has 0 spiro atoms. The van der Waals surface area contributed by atoms with E-state index in [1.807, 2.05) is 6.92 Å². The van der Waals surface area contributed by atoms with Gasteiger partial charge in [0.15, 0.2) is 0 Å². The Morgan fingerprint density at radius 3 is 2.71 bits per heavy atom. The molecule has 2 aliphatic heterocycles. The number of hydrogen-bond acceptors (Lipinski definition) is 3. The minimum atomic E-state index is -0.803. The van der Waals surface area contributed by atoms with E-state index in [2.05, 4.69) is 0 Å². The Morgan fingerprint density at radius 2 is 2.12 bits per heavy atom. The number of ether oxygens (including phenoxy) is 1. The molecular formula is C12H19NO4. The predicted octanol–water partition coefficient (Wildman–Crippen LogP) is 0.735. The predicted molar refractivity (Wildman–Crippen MR) is 60.5 cm³/mol. The number of likely N-dealkylation sites (tertiary alicyclic amines) is 1. The van der Waals surface area contributed by atoms with Gasteiger partial charge in [0, 0.05) is 19.7 Å². The van der Waals surface area contributed by atoms with Crippen molar-refractivity contribution >= 4 is 11.9 Å². The monoisotopic (exact) mass is 241 g/mol. The molecule has 0 saturated carbocycles. The summed E-state index contributed by atoms with van der Waals surface area (Å²) in [5, 5.41) is 8.99. The van der Waals surface area contributed by atoms with Gasteiger partial charge in [-0.25, -0.2) is 0 Å². The van der Waals surface area contributed by atoms with Crippen molar-refractivity contribution in [3.63, 3.8) is 0 Å². The first-order valence-electron chi connectivity index (χ1n) is 6.23. The molecule has 0 aromatic heterocycles. The van der Waals surface area contributed by atoms with Crippen LogP contribution in [0.5, 0.6) is 0 Å². The molecular weight excluding hydrogens is 222 g/mol. The number of carboxylic acids is 1. The van der Waals surface area contributed by atoms with Crippen molar-refractivity contribution in [1.82, 2.24) is 4.90 Å². The lowest BCUT2D eigenvalue weighted by Crippen LogP contribution is -2.47. The molecule has 0 aliphatic carbocycles. The van der Waals surface area contributed by atoms with Crippen LogP contribution in [-0.4, -0.2) is 47.7 Å². The van der Waals surface area contributed by atoms with E-state index in [0.717, 1.165) is 12.8 Å². The van der Waals surface area contributed by atoms with E-state index in [0.29, 0.717) is 26.1 Å². The minimum Gasteiger partial charge on any atom is -0.481 e. The lowest BCUT2D eigenvalue weighted by molar-refractivity contribution is -0.149. The van der Waals surface area contributed by atoms with Crippen LogP contribution >= 0.6 is 0 Å². The number of carbonyl (C=O) groups is 2. The van der Waals surface area contributed by atoms with Crippen molar-refractivity contribution in [3.8, 4) is 0 Å². The SMILES string of the molecule is CC1CCOC1C(=O)N1CCC[C@H](C(=O)O)C1. The maximum atomic E-state index is 12.2. The molecule has 2 fully saturated rings. The van der Waals surface area contributed by atoms with Gasteiger partial charge in [0.25, 0.3) is 5.91 Å². The Balaban J connectivity index is 1.97. The fourth-order valence-electron chi connectivity index (χ4n) is 2.57. The summed E-state index contributed by atoms with van der Waals surface area (Å²) in [5.41, 5.74) is 0. The second-order valence-corrected chi connectivity index (χ2v) is 5.02. The van der Waals surface area contributed by atoms with E-state index in [9.17, 15) is 9.59 Å². The molecule has 0 aromatic carbocycles. The van der Waals surface area contributed by atoms with Crippen molar-refractivity contribution in [3.05, 3.63) is 0 Å².